The van der Waals surface area contributed by atoms with E-state index >= 15 is 0 Å². The second-order valence-corrected chi connectivity index (χ2v) is 11.5. The van der Waals surface area contributed by atoms with Gasteiger partial charge in [-0.05, 0) is 86.2 Å². The van der Waals surface area contributed by atoms with Crippen LogP contribution < -0.4 is 25.4 Å². The monoisotopic (exact) mass is 639 g/mol. The van der Waals surface area contributed by atoms with Crippen molar-refractivity contribution in [2.45, 2.75) is 24.0 Å². The summed E-state index contributed by atoms with van der Waals surface area (Å²) in [5.74, 6) is -1.46. The summed E-state index contributed by atoms with van der Waals surface area (Å²) in [6.45, 7) is 3.50. The quantitative estimate of drug-likeness (QED) is 0.105. The number of benzene rings is 4. The third-order valence-corrected chi connectivity index (χ3v) is 7.88. The van der Waals surface area contributed by atoms with E-state index in [9.17, 15) is 24.3 Å². The van der Waals surface area contributed by atoms with Crippen molar-refractivity contribution >= 4 is 52.9 Å². The molecule has 11 heteroatoms. The highest BCUT2D eigenvalue weighted by molar-refractivity contribution is 8.00. The number of hydrogen-bond donors (Lipinski definition) is 4. The largest absolute Gasteiger partial charge is 0.497 e. The van der Waals surface area contributed by atoms with Crippen molar-refractivity contribution in [3.8, 4) is 11.5 Å². The van der Waals surface area contributed by atoms with Crippen LogP contribution in [-0.4, -0.2) is 48.3 Å². The van der Waals surface area contributed by atoms with Crippen molar-refractivity contribution in [3.63, 3.8) is 0 Å². The Morgan fingerprint density at radius 2 is 1.59 bits per heavy atom. The second kappa shape index (κ2) is 15.4. The fourth-order valence-corrected chi connectivity index (χ4v) is 5.20. The normalized spacial score (nSPS) is 11.6. The molecule has 0 bridgehead atoms. The molecule has 1 atom stereocenters. The zero-order valence-electron chi connectivity index (χ0n) is 25.6. The first kappa shape index (κ1) is 33.3. The number of aryl methyl sites for hydroxylation is 1. The van der Waals surface area contributed by atoms with Crippen LogP contribution in [0.25, 0.3) is 6.08 Å². The van der Waals surface area contributed by atoms with Gasteiger partial charge in [0.25, 0.3) is 11.8 Å². The Labute approximate surface area is 270 Å². The van der Waals surface area contributed by atoms with Crippen LogP contribution in [0.4, 0.5) is 11.4 Å². The van der Waals surface area contributed by atoms with Crippen molar-refractivity contribution in [2.75, 3.05) is 24.9 Å². The lowest BCUT2D eigenvalue weighted by molar-refractivity contribution is -0.115. The minimum Gasteiger partial charge on any atom is -0.497 e. The molecular weight excluding hydrogens is 606 g/mol. The number of rotatable bonds is 12. The average molecular weight is 640 g/mol. The van der Waals surface area contributed by atoms with E-state index in [1.807, 2.05) is 0 Å². The Morgan fingerprint density at radius 1 is 0.826 bits per heavy atom. The maximum atomic E-state index is 13.6. The van der Waals surface area contributed by atoms with Crippen LogP contribution in [0.15, 0.2) is 102 Å². The minimum atomic E-state index is -1.09. The van der Waals surface area contributed by atoms with Crippen molar-refractivity contribution < 1.29 is 33.8 Å². The molecule has 0 heterocycles. The Morgan fingerprint density at radius 3 is 2.28 bits per heavy atom. The molecule has 3 amide bonds. The average Bonchev–Trinajstić information content (AvgIpc) is 3.05. The number of amides is 3. The van der Waals surface area contributed by atoms with Crippen molar-refractivity contribution in [2.24, 2.45) is 0 Å². The highest BCUT2D eigenvalue weighted by atomic mass is 32.2. The van der Waals surface area contributed by atoms with Crippen LogP contribution in [-0.2, 0) is 9.59 Å². The van der Waals surface area contributed by atoms with Gasteiger partial charge in [-0.2, -0.15) is 0 Å². The summed E-state index contributed by atoms with van der Waals surface area (Å²) in [6, 6.07) is 25.1. The molecule has 0 saturated carbocycles. The first-order valence-corrected chi connectivity index (χ1v) is 15.0. The van der Waals surface area contributed by atoms with Gasteiger partial charge in [0.05, 0.1) is 25.0 Å². The van der Waals surface area contributed by atoms with Gasteiger partial charge in [-0.15, -0.1) is 11.8 Å². The number of hydrogen-bond acceptors (Lipinski definition) is 7. The number of methoxy groups -OCH3 is 2. The van der Waals surface area contributed by atoms with Crippen LogP contribution in [0.1, 0.15) is 38.8 Å². The van der Waals surface area contributed by atoms with Gasteiger partial charge in [0, 0.05) is 27.4 Å². The van der Waals surface area contributed by atoms with Crippen molar-refractivity contribution in [1.29, 1.82) is 0 Å². The summed E-state index contributed by atoms with van der Waals surface area (Å²) < 4.78 is 10.8. The molecular formula is C35H33N3O7S. The van der Waals surface area contributed by atoms with Gasteiger partial charge in [-0.25, -0.2) is 4.79 Å². The molecule has 0 radical (unpaired) electrons. The number of carboxylic acids is 1. The summed E-state index contributed by atoms with van der Waals surface area (Å²) in [7, 11) is 3.02. The van der Waals surface area contributed by atoms with Crippen molar-refractivity contribution in [3.05, 3.63) is 119 Å². The van der Waals surface area contributed by atoms with E-state index in [4.69, 9.17) is 9.47 Å². The highest BCUT2D eigenvalue weighted by Crippen LogP contribution is 2.29. The molecule has 10 nitrogen and oxygen atoms in total. The molecule has 0 fully saturated rings. The molecule has 4 N–H and O–H groups in total. The van der Waals surface area contributed by atoms with Gasteiger partial charge in [-0.1, -0.05) is 30.3 Å². The zero-order valence-corrected chi connectivity index (χ0v) is 26.4. The fraction of sp³-hybridized carbons (Fsp3) is 0.143. The number of carbonyl (C=O) groups excluding carboxylic acids is 3. The first-order chi connectivity index (χ1) is 22.1. The standard InChI is InChI=1S/C35H33N3O7S/c1-21-13-14-24(35(42)43)18-29(21)37-32(39)22(2)46-28-12-8-11-26(20-28)36-34(41)30(38-33(40)23-9-6-5-7-10-23)19-25-17-27(44-3)15-16-31(25)45-4/h5-20,22H,1-4H3,(H,36,41)(H,37,39)(H,38,40)(H,42,43)/b30-19+. The molecule has 4 rings (SSSR count). The van der Waals surface area contributed by atoms with E-state index in [1.54, 1.807) is 92.7 Å². The van der Waals surface area contributed by atoms with Gasteiger partial charge in [0.15, 0.2) is 0 Å². The summed E-state index contributed by atoms with van der Waals surface area (Å²) in [4.78, 5) is 51.7. The molecule has 0 saturated heterocycles. The van der Waals surface area contributed by atoms with Gasteiger partial charge in [0.2, 0.25) is 5.91 Å². The number of aromatic carboxylic acids is 1. The van der Waals surface area contributed by atoms with E-state index in [0.29, 0.717) is 38.9 Å². The van der Waals surface area contributed by atoms with E-state index in [2.05, 4.69) is 16.0 Å². The van der Waals surface area contributed by atoms with Gasteiger partial charge in [0.1, 0.15) is 17.2 Å². The van der Waals surface area contributed by atoms with Crippen LogP contribution in [0, 0.1) is 6.92 Å². The highest BCUT2D eigenvalue weighted by Gasteiger charge is 2.19. The van der Waals surface area contributed by atoms with E-state index < -0.39 is 23.0 Å². The number of carboxylic acid groups (broad SMARTS) is 1. The summed E-state index contributed by atoms with van der Waals surface area (Å²) in [5.41, 5.74) is 2.50. The van der Waals surface area contributed by atoms with E-state index in [0.717, 1.165) is 5.56 Å². The summed E-state index contributed by atoms with van der Waals surface area (Å²) in [5, 5.41) is 17.1. The Hall–Kier alpha value is -5.55. The first-order valence-electron chi connectivity index (χ1n) is 14.1. The molecule has 0 aliphatic carbocycles. The SMILES string of the molecule is COc1ccc(OC)c(/C=C(/NC(=O)c2ccccc2)C(=O)Nc2cccc(SC(C)C(=O)Nc3cc(C(=O)O)ccc3C)c2)c1. The fourth-order valence-electron chi connectivity index (χ4n) is 4.28. The number of thioether (sulfide) groups is 1. The molecule has 236 valence electrons. The Balaban J connectivity index is 1.54. The van der Waals surface area contributed by atoms with Gasteiger partial charge in [-0.3, -0.25) is 14.4 Å². The molecule has 1 unspecified atom stereocenters. The third kappa shape index (κ3) is 8.76. The predicted octanol–water partition coefficient (Wildman–Crippen LogP) is 6.24. The maximum absolute atomic E-state index is 13.6. The molecule has 4 aromatic rings. The summed E-state index contributed by atoms with van der Waals surface area (Å²) >= 11 is 1.26. The molecule has 0 spiro atoms. The molecule has 4 aromatic carbocycles. The number of anilines is 2. The second-order valence-electron chi connectivity index (χ2n) is 10.1. The Bertz CT molecular complexity index is 1790. The van der Waals surface area contributed by atoms with Crippen LogP contribution in [0.2, 0.25) is 0 Å². The lowest BCUT2D eigenvalue weighted by Crippen LogP contribution is -2.30. The summed E-state index contributed by atoms with van der Waals surface area (Å²) in [6.07, 6.45) is 1.50. The zero-order chi connectivity index (χ0) is 33.2. The van der Waals surface area contributed by atoms with E-state index in [-0.39, 0.29) is 17.2 Å². The number of ether oxygens (including phenoxy) is 2. The van der Waals surface area contributed by atoms with Gasteiger partial charge >= 0.3 is 5.97 Å². The Kier molecular flexibility index (Phi) is 11.2. The lowest BCUT2D eigenvalue weighted by Gasteiger charge is -2.15. The maximum Gasteiger partial charge on any atom is 0.335 e. The molecule has 0 aliphatic rings. The van der Waals surface area contributed by atoms with Crippen LogP contribution in [0.5, 0.6) is 11.5 Å². The van der Waals surface area contributed by atoms with Crippen LogP contribution in [0.3, 0.4) is 0 Å². The minimum absolute atomic E-state index is 0.0369. The third-order valence-electron chi connectivity index (χ3n) is 6.78. The van der Waals surface area contributed by atoms with E-state index in [1.165, 1.54) is 44.2 Å². The molecule has 46 heavy (non-hydrogen) atoms. The molecule has 0 aliphatic heterocycles. The van der Waals surface area contributed by atoms with Crippen LogP contribution >= 0.6 is 11.8 Å². The topological polar surface area (TPSA) is 143 Å². The molecule has 0 aromatic heterocycles. The van der Waals surface area contributed by atoms with Crippen molar-refractivity contribution in [1.82, 2.24) is 5.32 Å². The lowest BCUT2D eigenvalue weighted by atomic mass is 10.1. The number of nitrogens with one attached hydrogen (secondary N) is 3. The smallest absolute Gasteiger partial charge is 0.335 e. The van der Waals surface area contributed by atoms with Gasteiger partial charge < -0.3 is 30.5 Å². The number of carbonyl (C=O) groups is 4. The predicted molar refractivity (Wildman–Crippen MR) is 179 cm³/mol.